The van der Waals surface area contributed by atoms with Gasteiger partial charge in [-0.05, 0) is 18.8 Å². The summed E-state index contributed by atoms with van der Waals surface area (Å²) in [5, 5.41) is 8.50. The van der Waals surface area contributed by atoms with Crippen molar-refractivity contribution in [3.8, 4) is 0 Å². The Morgan fingerprint density at radius 1 is 1.18 bits per heavy atom. The van der Waals surface area contributed by atoms with Crippen molar-refractivity contribution in [3.63, 3.8) is 0 Å². The molecule has 0 aromatic heterocycles. The molecule has 11 heavy (non-hydrogen) atoms. The molecule has 0 unspecified atom stereocenters. The lowest BCUT2D eigenvalue weighted by Crippen LogP contribution is -1.95. The van der Waals surface area contributed by atoms with Crippen molar-refractivity contribution in [1.29, 1.82) is 0 Å². The SMILES string of the molecule is C[C@H](CCl)CCCCCCO. The summed E-state index contributed by atoms with van der Waals surface area (Å²) >= 11 is 5.65. The van der Waals surface area contributed by atoms with E-state index in [0.29, 0.717) is 12.5 Å². The molecule has 0 aliphatic carbocycles. The summed E-state index contributed by atoms with van der Waals surface area (Å²) in [4.78, 5) is 0. The molecule has 0 heterocycles. The van der Waals surface area contributed by atoms with Crippen molar-refractivity contribution in [2.24, 2.45) is 5.92 Å². The van der Waals surface area contributed by atoms with Gasteiger partial charge < -0.3 is 5.11 Å². The second kappa shape index (κ2) is 8.35. The fraction of sp³-hybridized carbons (Fsp3) is 1.00. The van der Waals surface area contributed by atoms with Gasteiger partial charge in [0.25, 0.3) is 0 Å². The third kappa shape index (κ3) is 8.15. The van der Waals surface area contributed by atoms with Gasteiger partial charge in [-0.15, -0.1) is 11.6 Å². The minimum absolute atomic E-state index is 0.338. The number of rotatable bonds is 7. The summed E-state index contributed by atoms with van der Waals surface area (Å²) < 4.78 is 0. The highest BCUT2D eigenvalue weighted by atomic mass is 35.5. The topological polar surface area (TPSA) is 20.2 Å². The van der Waals surface area contributed by atoms with Crippen LogP contribution in [0.1, 0.15) is 39.0 Å². The Morgan fingerprint density at radius 3 is 2.36 bits per heavy atom. The smallest absolute Gasteiger partial charge is 0.0431 e. The molecule has 68 valence electrons. The quantitative estimate of drug-likeness (QED) is 0.470. The standard InChI is InChI=1S/C9H19ClO/c1-9(8-10)6-4-2-3-5-7-11/h9,11H,2-8H2,1H3/t9-/m0/s1. The summed E-state index contributed by atoms with van der Waals surface area (Å²) in [5.41, 5.74) is 0. The van der Waals surface area contributed by atoms with Gasteiger partial charge in [0.05, 0.1) is 0 Å². The third-order valence-corrected chi connectivity index (χ3v) is 2.40. The van der Waals surface area contributed by atoms with Gasteiger partial charge in [-0.3, -0.25) is 0 Å². The van der Waals surface area contributed by atoms with Gasteiger partial charge in [0.1, 0.15) is 0 Å². The molecular formula is C9H19ClO. The molecule has 0 bridgehead atoms. The van der Waals surface area contributed by atoms with Crippen molar-refractivity contribution < 1.29 is 5.11 Å². The van der Waals surface area contributed by atoms with E-state index in [1.165, 1.54) is 19.3 Å². The first-order chi connectivity index (χ1) is 5.31. The molecule has 0 spiro atoms. The van der Waals surface area contributed by atoms with Crippen LogP contribution in [-0.4, -0.2) is 17.6 Å². The molecule has 0 aromatic rings. The normalized spacial score (nSPS) is 13.4. The number of halogens is 1. The molecule has 1 N–H and O–H groups in total. The van der Waals surface area contributed by atoms with E-state index < -0.39 is 0 Å². The van der Waals surface area contributed by atoms with E-state index in [1.807, 2.05) is 0 Å². The van der Waals surface area contributed by atoms with Gasteiger partial charge in [0.15, 0.2) is 0 Å². The molecule has 0 radical (unpaired) electrons. The van der Waals surface area contributed by atoms with Gasteiger partial charge in [0, 0.05) is 12.5 Å². The first kappa shape index (κ1) is 11.2. The zero-order valence-corrected chi connectivity index (χ0v) is 8.11. The molecule has 0 aromatic carbocycles. The maximum atomic E-state index is 8.50. The van der Waals surface area contributed by atoms with Gasteiger partial charge in [-0.2, -0.15) is 0 Å². The van der Waals surface area contributed by atoms with Crippen molar-refractivity contribution in [1.82, 2.24) is 0 Å². The molecule has 0 amide bonds. The van der Waals surface area contributed by atoms with Crippen LogP contribution < -0.4 is 0 Å². The average molecular weight is 179 g/mol. The summed E-state index contributed by atoms with van der Waals surface area (Å²) in [5.74, 6) is 1.44. The van der Waals surface area contributed by atoms with Crippen LogP contribution in [0, 0.1) is 5.92 Å². The Hall–Kier alpha value is 0.250. The summed E-state index contributed by atoms with van der Waals surface area (Å²) in [6.45, 7) is 2.52. The lowest BCUT2D eigenvalue weighted by Gasteiger charge is -2.05. The summed E-state index contributed by atoms with van der Waals surface area (Å²) in [6.07, 6.45) is 5.84. The second-order valence-electron chi connectivity index (χ2n) is 3.19. The highest BCUT2D eigenvalue weighted by Gasteiger charge is 1.98. The van der Waals surface area contributed by atoms with Gasteiger partial charge in [-0.1, -0.05) is 26.2 Å². The van der Waals surface area contributed by atoms with Crippen LogP contribution in [0.5, 0.6) is 0 Å². The van der Waals surface area contributed by atoms with E-state index >= 15 is 0 Å². The lowest BCUT2D eigenvalue weighted by molar-refractivity contribution is 0.282. The van der Waals surface area contributed by atoms with E-state index in [4.69, 9.17) is 16.7 Å². The van der Waals surface area contributed by atoms with Crippen LogP contribution in [0.2, 0.25) is 0 Å². The Kier molecular flexibility index (Phi) is 8.54. The molecule has 0 aliphatic heterocycles. The largest absolute Gasteiger partial charge is 0.396 e. The van der Waals surface area contributed by atoms with Crippen molar-refractivity contribution in [2.75, 3.05) is 12.5 Å². The van der Waals surface area contributed by atoms with Crippen LogP contribution in [0.4, 0.5) is 0 Å². The van der Waals surface area contributed by atoms with E-state index in [0.717, 1.165) is 18.7 Å². The van der Waals surface area contributed by atoms with Gasteiger partial charge in [0.2, 0.25) is 0 Å². The van der Waals surface area contributed by atoms with E-state index in [9.17, 15) is 0 Å². The molecule has 0 fully saturated rings. The predicted molar refractivity (Wildman–Crippen MR) is 50.1 cm³/mol. The van der Waals surface area contributed by atoms with Gasteiger partial charge >= 0.3 is 0 Å². The fourth-order valence-corrected chi connectivity index (χ4v) is 1.19. The van der Waals surface area contributed by atoms with Crippen LogP contribution in [0.15, 0.2) is 0 Å². The summed E-state index contributed by atoms with van der Waals surface area (Å²) in [6, 6.07) is 0. The Labute approximate surface area is 74.8 Å². The maximum absolute atomic E-state index is 8.50. The van der Waals surface area contributed by atoms with Gasteiger partial charge in [-0.25, -0.2) is 0 Å². The zero-order valence-electron chi connectivity index (χ0n) is 7.35. The lowest BCUT2D eigenvalue weighted by atomic mass is 10.0. The Balaban J connectivity index is 2.89. The van der Waals surface area contributed by atoms with E-state index in [-0.39, 0.29) is 0 Å². The number of aliphatic hydroxyl groups is 1. The average Bonchev–Trinajstić information content (AvgIpc) is 2.04. The molecular weight excluding hydrogens is 160 g/mol. The highest BCUT2D eigenvalue weighted by Crippen LogP contribution is 2.11. The fourth-order valence-electron chi connectivity index (χ4n) is 1.04. The van der Waals surface area contributed by atoms with Crippen molar-refractivity contribution in [3.05, 3.63) is 0 Å². The van der Waals surface area contributed by atoms with Crippen molar-refractivity contribution >= 4 is 11.6 Å². The summed E-state index contributed by atoms with van der Waals surface area (Å²) in [7, 11) is 0. The van der Waals surface area contributed by atoms with E-state index in [1.54, 1.807) is 0 Å². The molecule has 0 aliphatic rings. The highest BCUT2D eigenvalue weighted by molar-refractivity contribution is 6.18. The zero-order chi connectivity index (χ0) is 8.53. The first-order valence-electron chi connectivity index (χ1n) is 4.48. The van der Waals surface area contributed by atoms with Crippen LogP contribution in [-0.2, 0) is 0 Å². The predicted octanol–water partition coefficient (Wildman–Crippen LogP) is 2.80. The van der Waals surface area contributed by atoms with Crippen molar-refractivity contribution in [2.45, 2.75) is 39.0 Å². The number of aliphatic hydroxyl groups excluding tert-OH is 1. The molecule has 1 nitrogen and oxygen atoms in total. The second-order valence-corrected chi connectivity index (χ2v) is 3.49. The Bertz CT molecular complexity index is 76.0. The number of hydrogen-bond acceptors (Lipinski definition) is 1. The maximum Gasteiger partial charge on any atom is 0.0431 e. The minimum atomic E-state index is 0.338. The minimum Gasteiger partial charge on any atom is -0.396 e. The van der Waals surface area contributed by atoms with Crippen LogP contribution in [0.3, 0.4) is 0 Å². The monoisotopic (exact) mass is 178 g/mol. The van der Waals surface area contributed by atoms with Crippen LogP contribution in [0.25, 0.3) is 0 Å². The third-order valence-electron chi connectivity index (χ3n) is 1.87. The van der Waals surface area contributed by atoms with Crippen LogP contribution >= 0.6 is 11.6 Å². The Morgan fingerprint density at radius 2 is 1.82 bits per heavy atom. The number of hydrogen-bond donors (Lipinski definition) is 1. The number of unbranched alkanes of at least 4 members (excludes halogenated alkanes) is 3. The number of alkyl halides is 1. The van der Waals surface area contributed by atoms with E-state index in [2.05, 4.69) is 6.92 Å². The molecule has 1 atom stereocenters. The molecule has 0 rings (SSSR count). The molecule has 2 heteroatoms. The first-order valence-corrected chi connectivity index (χ1v) is 5.01. The molecule has 0 saturated heterocycles. The molecule has 0 saturated carbocycles.